The van der Waals surface area contributed by atoms with Gasteiger partial charge in [-0.1, -0.05) is 6.92 Å². The van der Waals surface area contributed by atoms with Crippen LogP contribution in [0, 0.1) is 17.5 Å². The molecule has 0 N–H and O–H groups in total. The number of aryl methyl sites for hydroxylation is 2. The van der Waals surface area contributed by atoms with Crippen molar-refractivity contribution in [1.29, 1.82) is 0 Å². The Balaban J connectivity index is 1.91. The topological polar surface area (TPSA) is 33.2 Å². The van der Waals surface area contributed by atoms with Crippen LogP contribution in [-0.2, 0) is 12.8 Å². The van der Waals surface area contributed by atoms with E-state index in [1.807, 2.05) is 6.92 Å². The lowest BCUT2D eigenvalue weighted by atomic mass is 9.96. The lowest BCUT2D eigenvalue weighted by molar-refractivity contribution is 0.0716. The fourth-order valence-corrected chi connectivity index (χ4v) is 4.22. The van der Waals surface area contributed by atoms with Crippen molar-refractivity contribution in [2.24, 2.45) is 0 Å². The molecule has 7 heteroatoms. The molecule has 0 saturated carbocycles. The van der Waals surface area contributed by atoms with Crippen LogP contribution in [0.4, 0.5) is 13.2 Å². The number of hydrogen-bond acceptors (Lipinski definition) is 3. The fraction of sp³-hybridized carbons (Fsp3) is 0.412. The molecule has 0 saturated heterocycles. The Kier molecular flexibility index (Phi) is 4.62. The van der Waals surface area contributed by atoms with E-state index in [1.165, 1.54) is 4.90 Å². The number of nitrogens with zero attached hydrogens (tertiary/aromatic N) is 2. The molecule has 1 aromatic heterocycles. The maximum atomic E-state index is 13.4. The highest BCUT2D eigenvalue weighted by molar-refractivity contribution is 7.11. The second kappa shape index (κ2) is 6.55. The van der Waals surface area contributed by atoms with E-state index < -0.39 is 23.4 Å². The van der Waals surface area contributed by atoms with Crippen molar-refractivity contribution in [2.45, 2.75) is 38.6 Å². The summed E-state index contributed by atoms with van der Waals surface area (Å²) in [5.41, 5.74) is 0.811. The molecular formula is C17H17F3N2OS. The first kappa shape index (κ1) is 17.0. The summed E-state index contributed by atoms with van der Waals surface area (Å²) in [4.78, 5) is 19.7. The molecule has 1 heterocycles. The smallest absolute Gasteiger partial charge is 0.254 e. The van der Waals surface area contributed by atoms with E-state index in [0.29, 0.717) is 0 Å². The zero-order valence-electron chi connectivity index (χ0n) is 13.4. The largest absolute Gasteiger partial charge is 0.334 e. The van der Waals surface area contributed by atoms with Gasteiger partial charge in [-0.2, -0.15) is 0 Å². The first-order valence-electron chi connectivity index (χ1n) is 7.82. The van der Waals surface area contributed by atoms with E-state index >= 15 is 0 Å². The van der Waals surface area contributed by atoms with Crippen molar-refractivity contribution in [2.75, 3.05) is 7.05 Å². The predicted octanol–water partition coefficient (Wildman–Crippen LogP) is 4.27. The van der Waals surface area contributed by atoms with E-state index in [1.54, 1.807) is 18.4 Å². The van der Waals surface area contributed by atoms with Crippen LogP contribution in [0.1, 0.15) is 51.7 Å². The number of amides is 1. The molecule has 0 unspecified atom stereocenters. The molecule has 1 aliphatic carbocycles. The summed E-state index contributed by atoms with van der Waals surface area (Å²) < 4.78 is 39.9. The van der Waals surface area contributed by atoms with Gasteiger partial charge in [0.25, 0.3) is 5.91 Å². The summed E-state index contributed by atoms with van der Waals surface area (Å²) in [6.07, 6.45) is 3.38. The third kappa shape index (κ3) is 2.92. The van der Waals surface area contributed by atoms with Gasteiger partial charge in [-0.15, -0.1) is 11.3 Å². The Hall–Kier alpha value is -1.89. The zero-order chi connectivity index (χ0) is 17.4. The molecule has 1 aliphatic rings. The molecule has 0 bridgehead atoms. The number of aromatic nitrogens is 1. The minimum absolute atomic E-state index is 0.171. The minimum atomic E-state index is -1.57. The third-order valence-corrected chi connectivity index (χ3v) is 5.63. The molecule has 0 spiro atoms. The van der Waals surface area contributed by atoms with Gasteiger partial charge in [0.05, 0.1) is 21.6 Å². The molecule has 2 aromatic rings. The van der Waals surface area contributed by atoms with Gasteiger partial charge in [-0.3, -0.25) is 4.79 Å². The van der Waals surface area contributed by atoms with E-state index in [0.717, 1.165) is 53.4 Å². The van der Waals surface area contributed by atoms with Crippen molar-refractivity contribution in [3.05, 3.63) is 50.7 Å². The zero-order valence-corrected chi connectivity index (χ0v) is 14.2. The van der Waals surface area contributed by atoms with Gasteiger partial charge in [0.2, 0.25) is 0 Å². The van der Waals surface area contributed by atoms with Gasteiger partial charge in [-0.25, -0.2) is 18.2 Å². The fourth-order valence-electron chi connectivity index (χ4n) is 2.99. The predicted molar refractivity (Wildman–Crippen MR) is 85.6 cm³/mol. The van der Waals surface area contributed by atoms with E-state index in [4.69, 9.17) is 0 Å². The second-order valence-corrected chi connectivity index (χ2v) is 6.97. The first-order valence-corrected chi connectivity index (χ1v) is 8.64. The highest BCUT2D eigenvalue weighted by atomic mass is 32.1. The van der Waals surface area contributed by atoms with Gasteiger partial charge in [0.1, 0.15) is 0 Å². The van der Waals surface area contributed by atoms with Crippen LogP contribution in [0.15, 0.2) is 12.1 Å². The van der Waals surface area contributed by atoms with Crippen molar-refractivity contribution < 1.29 is 18.0 Å². The first-order chi connectivity index (χ1) is 11.4. The normalized spacial score (nSPS) is 16.8. The van der Waals surface area contributed by atoms with Gasteiger partial charge in [-0.05, 0) is 37.8 Å². The minimum Gasteiger partial charge on any atom is -0.334 e. The number of carbonyl (C=O) groups is 1. The molecule has 3 nitrogen and oxygen atoms in total. The van der Waals surface area contributed by atoms with Crippen molar-refractivity contribution >= 4 is 17.2 Å². The number of rotatable bonds is 3. The Bertz CT molecular complexity index is 767. The van der Waals surface area contributed by atoms with Crippen molar-refractivity contribution in [3.63, 3.8) is 0 Å². The summed E-state index contributed by atoms with van der Waals surface area (Å²) in [6.45, 7) is 2.03. The number of carbonyl (C=O) groups excluding carboxylic acids is 1. The van der Waals surface area contributed by atoms with E-state index in [9.17, 15) is 18.0 Å². The monoisotopic (exact) mass is 354 g/mol. The van der Waals surface area contributed by atoms with E-state index in [2.05, 4.69) is 4.98 Å². The van der Waals surface area contributed by atoms with Gasteiger partial charge >= 0.3 is 0 Å². The molecule has 128 valence electrons. The maximum absolute atomic E-state index is 13.4. The number of halogens is 3. The maximum Gasteiger partial charge on any atom is 0.254 e. The lowest BCUT2D eigenvalue weighted by Crippen LogP contribution is -2.33. The Morgan fingerprint density at radius 3 is 2.62 bits per heavy atom. The standard InChI is InChI=1S/C17H17F3N2OS/c1-3-14-21-12-5-4-6-13(16(12)24-14)22(2)17(23)9-7-10(18)15(20)11(19)8-9/h7-8,13H,3-6H2,1-2H3/t13-/m1/s1. The summed E-state index contributed by atoms with van der Waals surface area (Å²) in [5, 5.41) is 1.02. The Morgan fingerprint density at radius 1 is 1.33 bits per heavy atom. The number of hydrogen-bond donors (Lipinski definition) is 0. The summed E-state index contributed by atoms with van der Waals surface area (Å²) in [7, 11) is 1.60. The summed E-state index contributed by atoms with van der Waals surface area (Å²) in [6, 6.07) is 1.31. The molecule has 1 aromatic carbocycles. The van der Waals surface area contributed by atoms with E-state index in [-0.39, 0.29) is 11.6 Å². The molecule has 0 aliphatic heterocycles. The van der Waals surface area contributed by atoms with Crippen molar-refractivity contribution in [1.82, 2.24) is 9.88 Å². The van der Waals surface area contributed by atoms with Crippen LogP contribution >= 0.6 is 11.3 Å². The summed E-state index contributed by atoms with van der Waals surface area (Å²) >= 11 is 1.58. The number of fused-ring (bicyclic) bond motifs is 1. The highest BCUT2D eigenvalue weighted by Crippen LogP contribution is 2.38. The van der Waals surface area contributed by atoms with Gasteiger partial charge in [0.15, 0.2) is 17.5 Å². The molecule has 0 fully saturated rings. The van der Waals surface area contributed by atoms with Crippen LogP contribution in [-0.4, -0.2) is 22.8 Å². The van der Waals surface area contributed by atoms with Crippen LogP contribution in [0.5, 0.6) is 0 Å². The molecule has 0 radical (unpaired) electrons. The van der Waals surface area contributed by atoms with Crippen LogP contribution in [0.2, 0.25) is 0 Å². The van der Waals surface area contributed by atoms with Crippen LogP contribution in [0.3, 0.4) is 0 Å². The quantitative estimate of drug-likeness (QED) is 0.771. The molecule has 3 rings (SSSR count). The third-order valence-electron chi connectivity index (χ3n) is 4.29. The lowest BCUT2D eigenvalue weighted by Gasteiger charge is -2.30. The molecular weight excluding hydrogens is 337 g/mol. The second-order valence-electron chi connectivity index (χ2n) is 5.85. The van der Waals surface area contributed by atoms with Crippen molar-refractivity contribution in [3.8, 4) is 0 Å². The molecule has 24 heavy (non-hydrogen) atoms. The van der Waals surface area contributed by atoms with Crippen LogP contribution in [0.25, 0.3) is 0 Å². The SMILES string of the molecule is CCc1nc2c(s1)[C@H](N(C)C(=O)c1cc(F)c(F)c(F)c1)CCC2. The number of benzene rings is 1. The summed E-state index contributed by atoms with van der Waals surface area (Å²) in [5.74, 6) is -4.81. The van der Waals surface area contributed by atoms with Gasteiger partial charge in [0, 0.05) is 12.6 Å². The van der Waals surface area contributed by atoms with Crippen LogP contribution < -0.4 is 0 Å². The Morgan fingerprint density at radius 2 is 2.00 bits per heavy atom. The number of thiazole rings is 1. The molecule has 1 amide bonds. The van der Waals surface area contributed by atoms with Gasteiger partial charge < -0.3 is 4.90 Å². The average Bonchev–Trinajstić information content (AvgIpc) is 3.01. The average molecular weight is 354 g/mol. The Labute approximate surface area is 142 Å². The molecule has 1 atom stereocenters. The highest BCUT2D eigenvalue weighted by Gasteiger charge is 2.31.